The van der Waals surface area contributed by atoms with Gasteiger partial charge in [0.1, 0.15) is 5.69 Å². The monoisotopic (exact) mass is 405 g/mol. The molecule has 2 aromatic rings. The van der Waals surface area contributed by atoms with Crippen molar-refractivity contribution < 1.29 is 19.2 Å². The van der Waals surface area contributed by atoms with E-state index in [1.165, 1.54) is 12.1 Å². The molecule has 8 nitrogen and oxygen atoms in total. The van der Waals surface area contributed by atoms with E-state index in [2.05, 4.69) is 10.6 Å². The molecule has 2 N–H and O–H groups in total. The number of hydrogen-bond acceptors (Lipinski definition) is 6. The number of amides is 1. The fraction of sp³-hybridized carbons (Fsp3) is 0.263. The molecule has 1 amide bonds. The summed E-state index contributed by atoms with van der Waals surface area (Å²) in [5.74, 6) is -1.27. The van der Waals surface area contributed by atoms with E-state index in [4.69, 9.17) is 16.3 Å². The Kier molecular flexibility index (Phi) is 7.34. The van der Waals surface area contributed by atoms with E-state index in [0.29, 0.717) is 5.02 Å². The molecule has 148 valence electrons. The summed E-state index contributed by atoms with van der Waals surface area (Å²) in [6.45, 7) is 3.37. The Morgan fingerprint density at radius 3 is 2.57 bits per heavy atom. The minimum atomic E-state index is -0.820. The molecular weight excluding hydrogens is 386 g/mol. The lowest BCUT2D eigenvalue weighted by Gasteiger charge is -2.11. The zero-order valence-corrected chi connectivity index (χ0v) is 16.2. The van der Waals surface area contributed by atoms with Gasteiger partial charge in [0.2, 0.25) is 0 Å². The first kappa shape index (κ1) is 21.2. The average molecular weight is 406 g/mol. The zero-order chi connectivity index (χ0) is 20.7. The molecule has 28 heavy (non-hydrogen) atoms. The lowest BCUT2D eigenvalue weighted by molar-refractivity contribution is -0.384. The van der Waals surface area contributed by atoms with Crippen LogP contribution < -0.4 is 10.6 Å². The number of nitrogens with zero attached hydrogens (tertiary/aromatic N) is 1. The molecule has 2 rings (SSSR count). The molecule has 0 spiro atoms. The van der Waals surface area contributed by atoms with E-state index in [0.717, 1.165) is 11.6 Å². The highest BCUT2D eigenvalue weighted by atomic mass is 35.5. The number of carbonyl (C=O) groups excluding carboxylic acids is 2. The van der Waals surface area contributed by atoms with Crippen LogP contribution >= 0.6 is 11.6 Å². The molecule has 0 bridgehead atoms. The topological polar surface area (TPSA) is 111 Å². The van der Waals surface area contributed by atoms with Crippen LogP contribution in [0.5, 0.6) is 0 Å². The van der Waals surface area contributed by atoms with E-state index in [9.17, 15) is 19.7 Å². The molecule has 0 atom stereocenters. The lowest BCUT2D eigenvalue weighted by Crippen LogP contribution is -2.33. The lowest BCUT2D eigenvalue weighted by atomic mass is 10.1. The van der Waals surface area contributed by atoms with Crippen LogP contribution in [0.25, 0.3) is 0 Å². The number of nitrogens with one attached hydrogen (secondary N) is 2. The largest absolute Gasteiger partial charge is 0.452 e. The summed E-state index contributed by atoms with van der Waals surface area (Å²) in [5, 5.41) is 17.5. The minimum Gasteiger partial charge on any atom is -0.452 e. The van der Waals surface area contributed by atoms with Crippen molar-refractivity contribution in [1.29, 1.82) is 0 Å². The van der Waals surface area contributed by atoms with Gasteiger partial charge in [-0.15, -0.1) is 0 Å². The van der Waals surface area contributed by atoms with Crippen molar-refractivity contribution >= 4 is 34.9 Å². The predicted octanol–water partition coefficient (Wildman–Crippen LogP) is 3.54. The van der Waals surface area contributed by atoms with E-state index < -0.39 is 23.4 Å². The normalized spacial score (nSPS) is 10.4. The van der Waals surface area contributed by atoms with E-state index in [1.54, 1.807) is 32.0 Å². The van der Waals surface area contributed by atoms with Gasteiger partial charge < -0.3 is 15.4 Å². The first-order valence-electron chi connectivity index (χ1n) is 8.50. The van der Waals surface area contributed by atoms with E-state index in [-0.39, 0.29) is 29.5 Å². The number of anilines is 1. The van der Waals surface area contributed by atoms with Crippen LogP contribution in [0.15, 0.2) is 42.5 Å². The SMILES string of the molecule is CC(C)NC(=O)COC(=O)c1ccc(NCc2ccccc2Cl)c([N+](=O)[O-])c1. The molecule has 0 aliphatic carbocycles. The molecule has 0 aliphatic heterocycles. The molecule has 0 heterocycles. The number of rotatable bonds is 8. The maximum atomic E-state index is 12.1. The molecule has 2 aromatic carbocycles. The number of ether oxygens (including phenoxy) is 1. The Morgan fingerprint density at radius 1 is 1.21 bits per heavy atom. The molecule has 0 saturated heterocycles. The second-order valence-corrected chi connectivity index (χ2v) is 6.64. The third kappa shape index (κ3) is 5.95. The van der Waals surface area contributed by atoms with Crippen LogP contribution in [-0.4, -0.2) is 29.4 Å². The summed E-state index contributed by atoms with van der Waals surface area (Å²) in [6.07, 6.45) is 0. The summed E-state index contributed by atoms with van der Waals surface area (Å²) in [6, 6.07) is 11.0. The molecule has 9 heteroatoms. The fourth-order valence-corrected chi connectivity index (χ4v) is 2.57. The molecule has 0 saturated carbocycles. The minimum absolute atomic E-state index is 0.0210. The van der Waals surface area contributed by atoms with Gasteiger partial charge >= 0.3 is 5.97 Å². The van der Waals surface area contributed by atoms with Crippen LogP contribution in [0.3, 0.4) is 0 Å². The standard InChI is InChI=1S/C19H20ClN3O5/c1-12(2)22-18(24)11-28-19(25)13-7-8-16(17(9-13)23(26)27)21-10-14-5-3-4-6-15(14)20/h3-9,12,21H,10-11H2,1-2H3,(H,22,24). The molecular formula is C19H20ClN3O5. The van der Waals surface area contributed by atoms with Gasteiger partial charge in [-0.25, -0.2) is 4.79 Å². The Balaban J connectivity index is 2.09. The van der Waals surface area contributed by atoms with Crippen molar-refractivity contribution in [2.45, 2.75) is 26.4 Å². The Hall–Kier alpha value is -3.13. The Labute approximate surface area is 167 Å². The first-order chi connectivity index (χ1) is 13.3. The van der Waals surface area contributed by atoms with Crippen LogP contribution in [0.1, 0.15) is 29.8 Å². The van der Waals surface area contributed by atoms with Crippen molar-refractivity contribution in [3.63, 3.8) is 0 Å². The highest BCUT2D eigenvalue weighted by Crippen LogP contribution is 2.27. The molecule has 0 aliphatic rings. The number of halogens is 1. The van der Waals surface area contributed by atoms with Gasteiger partial charge in [0, 0.05) is 23.7 Å². The summed E-state index contributed by atoms with van der Waals surface area (Å²) in [5.41, 5.74) is 0.706. The van der Waals surface area contributed by atoms with Crippen LogP contribution in [0.4, 0.5) is 11.4 Å². The van der Waals surface area contributed by atoms with Crippen LogP contribution in [0, 0.1) is 10.1 Å². The number of nitro benzene ring substituents is 1. The molecule has 0 radical (unpaired) electrons. The third-order valence-electron chi connectivity index (χ3n) is 3.64. The van der Waals surface area contributed by atoms with E-state index in [1.807, 2.05) is 6.07 Å². The summed E-state index contributed by atoms with van der Waals surface area (Å²) < 4.78 is 4.90. The number of esters is 1. The first-order valence-corrected chi connectivity index (χ1v) is 8.88. The summed E-state index contributed by atoms with van der Waals surface area (Å²) in [4.78, 5) is 34.4. The van der Waals surface area contributed by atoms with Gasteiger partial charge in [0.05, 0.1) is 10.5 Å². The zero-order valence-electron chi connectivity index (χ0n) is 15.4. The maximum absolute atomic E-state index is 12.1. The highest BCUT2D eigenvalue weighted by molar-refractivity contribution is 6.31. The van der Waals surface area contributed by atoms with Gasteiger partial charge in [0.25, 0.3) is 11.6 Å². The second-order valence-electron chi connectivity index (χ2n) is 6.23. The van der Waals surface area contributed by atoms with Crippen molar-refractivity contribution in [1.82, 2.24) is 5.32 Å². The van der Waals surface area contributed by atoms with Crippen molar-refractivity contribution in [2.75, 3.05) is 11.9 Å². The highest BCUT2D eigenvalue weighted by Gasteiger charge is 2.19. The summed E-state index contributed by atoms with van der Waals surface area (Å²) >= 11 is 6.08. The number of nitro groups is 1. The average Bonchev–Trinajstić information content (AvgIpc) is 2.64. The van der Waals surface area contributed by atoms with Gasteiger partial charge in [0.15, 0.2) is 6.61 Å². The van der Waals surface area contributed by atoms with Crippen LogP contribution in [0.2, 0.25) is 5.02 Å². The fourth-order valence-electron chi connectivity index (χ4n) is 2.37. The summed E-state index contributed by atoms with van der Waals surface area (Å²) in [7, 11) is 0. The smallest absolute Gasteiger partial charge is 0.338 e. The third-order valence-corrected chi connectivity index (χ3v) is 4.01. The number of carbonyl (C=O) groups is 2. The molecule has 0 unspecified atom stereocenters. The second kappa shape index (κ2) is 9.70. The Morgan fingerprint density at radius 2 is 1.93 bits per heavy atom. The van der Waals surface area contributed by atoms with Gasteiger partial charge in [-0.05, 0) is 37.6 Å². The van der Waals surface area contributed by atoms with Crippen molar-refractivity contribution in [3.05, 3.63) is 68.7 Å². The van der Waals surface area contributed by atoms with E-state index >= 15 is 0 Å². The van der Waals surface area contributed by atoms with Crippen molar-refractivity contribution in [3.8, 4) is 0 Å². The maximum Gasteiger partial charge on any atom is 0.338 e. The molecule has 0 fully saturated rings. The van der Waals surface area contributed by atoms with Crippen molar-refractivity contribution in [2.24, 2.45) is 0 Å². The quantitative estimate of drug-likeness (QED) is 0.395. The molecule has 0 aromatic heterocycles. The predicted molar refractivity (Wildman–Crippen MR) is 105 cm³/mol. The van der Waals surface area contributed by atoms with Crippen LogP contribution in [-0.2, 0) is 16.1 Å². The number of benzene rings is 2. The number of hydrogen-bond donors (Lipinski definition) is 2. The van der Waals surface area contributed by atoms with Gasteiger partial charge in [-0.3, -0.25) is 14.9 Å². The van der Waals surface area contributed by atoms with Gasteiger partial charge in [-0.2, -0.15) is 0 Å². The Bertz CT molecular complexity index is 886. The van der Waals surface area contributed by atoms with Gasteiger partial charge in [-0.1, -0.05) is 29.8 Å².